The van der Waals surface area contributed by atoms with Gasteiger partial charge in [0.25, 0.3) is 5.56 Å². The molecule has 0 aliphatic heterocycles. The highest BCUT2D eigenvalue weighted by atomic mass is 79.9. The molecule has 0 saturated carbocycles. The van der Waals surface area contributed by atoms with Crippen LogP contribution >= 0.6 is 15.9 Å². The molecule has 4 nitrogen and oxygen atoms in total. The van der Waals surface area contributed by atoms with Gasteiger partial charge < -0.3 is 4.98 Å². The van der Waals surface area contributed by atoms with Crippen molar-refractivity contribution in [3.05, 3.63) is 56.4 Å². The van der Waals surface area contributed by atoms with E-state index in [-0.39, 0.29) is 5.56 Å². The first-order valence-corrected chi connectivity index (χ1v) is 7.02. The number of nitrogens with one attached hydrogen (secondary N) is 1. The summed E-state index contributed by atoms with van der Waals surface area (Å²) in [5.74, 6) is 1.15. The van der Waals surface area contributed by atoms with Gasteiger partial charge in [-0.15, -0.1) is 0 Å². The van der Waals surface area contributed by atoms with E-state index in [1.165, 1.54) is 0 Å². The molecule has 2 aromatic heterocycles. The second kappa shape index (κ2) is 6.10. The minimum Gasteiger partial charge on any atom is -0.309 e. The van der Waals surface area contributed by atoms with E-state index in [0.29, 0.717) is 22.6 Å². The zero-order valence-electron chi connectivity index (χ0n) is 11.0. The Kier molecular flexibility index (Phi) is 4.47. The molecule has 0 bridgehead atoms. The maximum absolute atomic E-state index is 11.9. The highest BCUT2D eigenvalue weighted by molar-refractivity contribution is 9.10. The molecule has 0 saturated heterocycles. The summed E-state index contributed by atoms with van der Waals surface area (Å²) < 4.78 is 0.541. The fraction of sp³-hybridized carbons (Fsp3) is 0.357. The molecule has 0 fully saturated rings. The van der Waals surface area contributed by atoms with E-state index in [9.17, 15) is 4.79 Å². The highest BCUT2D eigenvalue weighted by Gasteiger charge is 2.10. The smallest absolute Gasteiger partial charge is 0.265 e. The minimum absolute atomic E-state index is 0.116. The van der Waals surface area contributed by atoms with Crippen molar-refractivity contribution < 1.29 is 0 Å². The lowest BCUT2D eigenvalue weighted by molar-refractivity contribution is 0.627. The van der Waals surface area contributed by atoms with Crippen molar-refractivity contribution in [1.82, 2.24) is 15.0 Å². The van der Waals surface area contributed by atoms with Crippen LogP contribution in [0.3, 0.4) is 0 Å². The Morgan fingerprint density at radius 2 is 2.00 bits per heavy atom. The van der Waals surface area contributed by atoms with Gasteiger partial charge in [0.05, 0.1) is 5.69 Å². The molecule has 0 radical (unpaired) electrons. The first kappa shape index (κ1) is 13.9. The van der Waals surface area contributed by atoms with Gasteiger partial charge >= 0.3 is 0 Å². The molecular weight excluding hydrogens is 306 g/mol. The summed E-state index contributed by atoms with van der Waals surface area (Å²) in [6.07, 6.45) is 4.87. The Labute approximate surface area is 120 Å². The molecular formula is C14H16BrN3O. The van der Waals surface area contributed by atoms with Crippen LogP contribution in [0.15, 0.2) is 33.8 Å². The monoisotopic (exact) mass is 321 g/mol. The van der Waals surface area contributed by atoms with E-state index < -0.39 is 0 Å². The molecule has 2 heterocycles. The fourth-order valence-corrected chi connectivity index (χ4v) is 2.21. The molecule has 2 aromatic rings. The second-order valence-electron chi connectivity index (χ2n) is 4.90. The lowest BCUT2D eigenvalue weighted by atomic mass is 10.1. The normalized spacial score (nSPS) is 10.9. The first-order chi connectivity index (χ1) is 9.06. The van der Waals surface area contributed by atoms with Gasteiger partial charge in [-0.1, -0.05) is 13.8 Å². The molecule has 0 spiro atoms. The van der Waals surface area contributed by atoms with E-state index in [1.807, 2.05) is 12.1 Å². The predicted molar refractivity (Wildman–Crippen MR) is 78.1 cm³/mol. The Morgan fingerprint density at radius 3 is 2.63 bits per heavy atom. The van der Waals surface area contributed by atoms with Gasteiger partial charge in [0.15, 0.2) is 0 Å². The van der Waals surface area contributed by atoms with Crippen LogP contribution in [-0.2, 0) is 12.8 Å². The Balaban J connectivity index is 2.32. The van der Waals surface area contributed by atoms with Crippen molar-refractivity contribution in [3.8, 4) is 0 Å². The zero-order chi connectivity index (χ0) is 13.8. The van der Waals surface area contributed by atoms with Crippen LogP contribution < -0.4 is 5.56 Å². The largest absolute Gasteiger partial charge is 0.309 e. The molecule has 0 aliphatic carbocycles. The number of nitrogens with zero attached hydrogens (tertiary/aromatic N) is 2. The summed E-state index contributed by atoms with van der Waals surface area (Å²) in [4.78, 5) is 23.2. The molecule has 0 aromatic carbocycles. The molecule has 0 aliphatic rings. The summed E-state index contributed by atoms with van der Waals surface area (Å²) in [7, 11) is 0. The van der Waals surface area contributed by atoms with Crippen LogP contribution in [0.5, 0.6) is 0 Å². The van der Waals surface area contributed by atoms with E-state index in [0.717, 1.165) is 17.7 Å². The number of pyridine rings is 1. The topological polar surface area (TPSA) is 58.6 Å². The minimum atomic E-state index is -0.116. The van der Waals surface area contributed by atoms with Crippen LogP contribution in [-0.4, -0.2) is 15.0 Å². The van der Waals surface area contributed by atoms with Gasteiger partial charge in [0.2, 0.25) is 0 Å². The summed E-state index contributed by atoms with van der Waals surface area (Å²) >= 11 is 3.31. The van der Waals surface area contributed by atoms with E-state index >= 15 is 0 Å². The highest BCUT2D eigenvalue weighted by Crippen LogP contribution is 2.14. The summed E-state index contributed by atoms with van der Waals surface area (Å²) in [5, 5.41) is 0. The number of halogens is 1. The summed E-state index contributed by atoms with van der Waals surface area (Å²) in [6, 6.07) is 3.84. The van der Waals surface area contributed by atoms with Crippen molar-refractivity contribution in [2.24, 2.45) is 5.92 Å². The van der Waals surface area contributed by atoms with Gasteiger partial charge in [-0.25, -0.2) is 4.98 Å². The van der Waals surface area contributed by atoms with Crippen LogP contribution in [0.25, 0.3) is 0 Å². The molecule has 19 heavy (non-hydrogen) atoms. The average molecular weight is 322 g/mol. The van der Waals surface area contributed by atoms with Crippen molar-refractivity contribution >= 4 is 15.9 Å². The second-order valence-corrected chi connectivity index (χ2v) is 5.70. The average Bonchev–Trinajstić information content (AvgIpc) is 2.36. The third-order valence-electron chi connectivity index (χ3n) is 2.70. The van der Waals surface area contributed by atoms with E-state index in [2.05, 4.69) is 44.7 Å². The maximum Gasteiger partial charge on any atom is 0.265 e. The molecule has 0 atom stereocenters. The maximum atomic E-state index is 11.9. The number of aromatic amines is 1. The SMILES string of the molecule is CC(C)Cc1nc(Cc2ccncc2)[nH]c(=O)c1Br. The van der Waals surface area contributed by atoms with Crippen LogP contribution in [0, 0.1) is 5.92 Å². The Bertz CT molecular complexity index is 608. The number of rotatable bonds is 4. The zero-order valence-corrected chi connectivity index (χ0v) is 12.6. The number of H-pyrrole nitrogens is 1. The summed E-state index contributed by atoms with van der Waals surface area (Å²) in [5.41, 5.74) is 1.79. The predicted octanol–water partition coefficient (Wildman–Crippen LogP) is 2.72. The lowest BCUT2D eigenvalue weighted by Gasteiger charge is -2.08. The van der Waals surface area contributed by atoms with E-state index in [4.69, 9.17) is 0 Å². The van der Waals surface area contributed by atoms with Gasteiger partial charge in [0.1, 0.15) is 10.3 Å². The first-order valence-electron chi connectivity index (χ1n) is 6.22. The van der Waals surface area contributed by atoms with Gasteiger partial charge in [0, 0.05) is 18.8 Å². The molecule has 1 N–H and O–H groups in total. The number of hydrogen-bond donors (Lipinski definition) is 1. The number of hydrogen-bond acceptors (Lipinski definition) is 3. The van der Waals surface area contributed by atoms with Crippen molar-refractivity contribution in [2.75, 3.05) is 0 Å². The molecule has 0 amide bonds. The lowest BCUT2D eigenvalue weighted by Crippen LogP contribution is -2.17. The van der Waals surface area contributed by atoms with Crippen molar-refractivity contribution in [3.63, 3.8) is 0 Å². The fourth-order valence-electron chi connectivity index (χ4n) is 1.86. The molecule has 100 valence electrons. The van der Waals surface area contributed by atoms with Crippen LogP contribution in [0.2, 0.25) is 0 Å². The van der Waals surface area contributed by atoms with Crippen molar-refractivity contribution in [1.29, 1.82) is 0 Å². The Morgan fingerprint density at radius 1 is 1.32 bits per heavy atom. The van der Waals surface area contributed by atoms with Crippen LogP contribution in [0.1, 0.15) is 30.9 Å². The van der Waals surface area contributed by atoms with Crippen LogP contribution in [0.4, 0.5) is 0 Å². The Hall–Kier alpha value is -1.49. The third-order valence-corrected chi connectivity index (χ3v) is 3.52. The van der Waals surface area contributed by atoms with Crippen molar-refractivity contribution in [2.45, 2.75) is 26.7 Å². The molecule has 0 unspecified atom stereocenters. The number of aromatic nitrogens is 3. The molecule has 5 heteroatoms. The third kappa shape index (κ3) is 3.73. The van der Waals surface area contributed by atoms with Gasteiger partial charge in [-0.2, -0.15) is 0 Å². The van der Waals surface area contributed by atoms with E-state index in [1.54, 1.807) is 12.4 Å². The standard InChI is InChI=1S/C14H16BrN3O/c1-9(2)7-11-13(15)14(19)18-12(17-11)8-10-3-5-16-6-4-10/h3-6,9H,7-8H2,1-2H3,(H,17,18,19). The summed E-state index contributed by atoms with van der Waals surface area (Å²) in [6.45, 7) is 4.22. The quantitative estimate of drug-likeness (QED) is 0.941. The molecule has 2 rings (SSSR count). The van der Waals surface area contributed by atoms with Gasteiger partial charge in [-0.3, -0.25) is 9.78 Å². The van der Waals surface area contributed by atoms with Gasteiger partial charge in [-0.05, 0) is 46.0 Å².